The van der Waals surface area contributed by atoms with Crippen molar-refractivity contribution in [3.05, 3.63) is 79.8 Å². The molecule has 0 saturated carbocycles. The number of thioether (sulfide) groups is 1. The second-order valence-electron chi connectivity index (χ2n) is 7.92. The van der Waals surface area contributed by atoms with Crippen LogP contribution in [0.25, 0.3) is 0 Å². The maximum absolute atomic E-state index is 13.5. The lowest BCUT2D eigenvalue weighted by atomic mass is 9.72. The van der Waals surface area contributed by atoms with Gasteiger partial charge in [0.1, 0.15) is 6.61 Å². The first-order valence-corrected chi connectivity index (χ1v) is 13.2. The van der Waals surface area contributed by atoms with Crippen molar-refractivity contribution in [1.82, 2.24) is 5.32 Å². The van der Waals surface area contributed by atoms with Crippen LogP contribution < -0.4 is 5.32 Å². The van der Waals surface area contributed by atoms with Gasteiger partial charge in [0, 0.05) is 50.9 Å². The van der Waals surface area contributed by atoms with Gasteiger partial charge >= 0.3 is 5.97 Å². The number of ether oxygens (including phenoxy) is 1. The fourth-order valence-corrected chi connectivity index (χ4v) is 5.99. The van der Waals surface area contributed by atoms with Crippen molar-refractivity contribution in [2.24, 2.45) is 0 Å². The standard InChI is InChI=1S/C25H26ClNO3S2/c1-3-31-11-9-30-25(29)22-15(2)27-19-13-17(21-8-5-10-32-21)14-20(28)24(19)23(22)16-6-4-7-18(26)12-16/h4-8,10,12,17,23,27H,3,9,11,13-14H2,1-2H3/t17-,23+/m0/s1. The van der Waals surface area contributed by atoms with Crippen LogP contribution in [0.2, 0.25) is 5.02 Å². The molecule has 168 valence electrons. The Hall–Kier alpha value is -2.02. The maximum atomic E-state index is 13.5. The van der Waals surface area contributed by atoms with Gasteiger partial charge in [-0.05, 0) is 48.2 Å². The zero-order chi connectivity index (χ0) is 22.7. The predicted octanol–water partition coefficient (Wildman–Crippen LogP) is 6.06. The fraction of sp³-hybridized carbons (Fsp3) is 0.360. The molecule has 1 N–H and O–H groups in total. The summed E-state index contributed by atoms with van der Waals surface area (Å²) in [5.41, 5.74) is 3.64. The summed E-state index contributed by atoms with van der Waals surface area (Å²) >= 11 is 9.70. The molecule has 1 aromatic carbocycles. The van der Waals surface area contributed by atoms with E-state index in [0.717, 1.165) is 34.9 Å². The number of nitrogens with one attached hydrogen (secondary N) is 1. The number of Topliss-reactive ketones (excluding diaryl/α,β-unsaturated/α-hetero) is 1. The third-order valence-corrected chi connectivity index (χ3v) is 7.97. The minimum Gasteiger partial charge on any atom is -0.461 e. The molecule has 1 aliphatic carbocycles. The van der Waals surface area contributed by atoms with Gasteiger partial charge in [-0.15, -0.1) is 11.3 Å². The summed E-state index contributed by atoms with van der Waals surface area (Å²) in [5, 5.41) is 6.01. The van der Waals surface area contributed by atoms with E-state index in [9.17, 15) is 9.59 Å². The van der Waals surface area contributed by atoms with Crippen LogP contribution in [0.1, 0.15) is 49.0 Å². The number of hydrogen-bond donors (Lipinski definition) is 1. The summed E-state index contributed by atoms with van der Waals surface area (Å²) < 4.78 is 5.61. The van der Waals surface area contributed by atoms with Crippen LogP contribution in [0, 0.1) is 0 Å². The fourth-order valence-electron chi connectivity index (χ4n) is 4.47. The molecule has 32 heavy (non-hydrogen) atoms. The number of halogens is 1. The van der Waals surface area contributed by atoms with Crippen LogP contribution in [0.4, 0.5) is 0 Å². The molecule has 0 bridgehead atoms. The molecule has 4 rings (SSSR count). The van der Waals surface area contributed by atoms with E-state index in [2.05, 4.69) is 18.3 Å². The number of carbonyl (C=O) groups excluding carboxylic acids is 2. The average molecular weight is 488 g/mol. The largest absolute Gasteiger partial charge is 0.461 e. The Labute approximate surface area is 202 Å². The Kier molecular flexibility index (Phi) is 7.44. The maximum Gasteiger partial charge on any atom is 0.336 e. The molecule has 0 unspecified atom stereocenters. The molecular weight excluding hydrogens is 462 g/mol. The van der Waals surface area contributed by atoms with E-state index >= 15 is 0 Å². The Morgan fingerprint density at radius 3 is 2.84 bits per heavy atom. The van der Waals surface area contributed by atoms with Gasteiger partial charge in [0.15, 0.2) is 5.78 Å². The molecule has 1 aromatic heterocycles. The summed E-state index contributed by atoms with van der Waals surface area (Å²) in [6.07, 6.45) is 1.18. The van der Waals surface area contributed by atoms with Crippen molar-refractivity contribution in [3.8, 4) is 0 Å². The number of esters is 1. The Morgan fingerprint density at radius 1 is 1.28 bits per heavy atom. The molecule has 1 aliphatic heterocycles. The number of benzene rings is 1. The molecular formula is C25H26ClNO3S2. The Bertz CT molecular complexity index is 1070. The highest BCUT2D eigenvalue weighted by atomic mass is 35.5. The van der Waals surface area contributed by atoms with Crippen molar-refractivity contribution in [1.29, 1.82) is 0 Å². The Morgan fingerprint density at radius 2 is 2.12 bits per heavy atom. The van der Waals surface area contributed by atoms with E-state index in [4.69, 9.17) is 16.3 Å². The molecule has 0 saturated heterocycles. The van der Waals surface area contributed by atoms with E-state index < -0.39 is 5.92 Å². The molecule has 0 amide bonds. The van der Waals surface area contributed by atoms with Gasteiger partial charge in [-0.25, -0.2) is 4.79 Å². The molecule has 2 aliphatic rings. The molecule has 7 heteroatoms. The summed E-state index contributed by atoms with van der Waals surface area (Å²) in [7, 11) is 0. The predicted molar refractivity (Wildman–Crippen MR) is 132 cm³/mol. The minimum atomic E-state index is -0.479. The summed E-state index contributed by atoms with van der Waals surface area (Å²) in [6, 6.07) is 11.5. The van der Waals surface area contributed by atoms with Gasteiger partial charge in [-0.3, -0.25) is 4.79 Å². The van der Waals surface area contributed by atoms with Crippen molar-refractivity contribution < 1.29 is 14.3 Å². The molecule has 0 spiro atoms. The number of carbonyl (C=O) groups is 2. The van der Waals surface area contributed by atoms with Crippen LogP contribution in [0.5, 0.6) is 0 Å². The first-order chi connectivity index (χ1) is 15.5. The highest BCUT2D eigenvalue weighted by molar-refractivity contribution is 7.99. The van der Waals surface area contributed by atoms with Gasteiger partial charge in [-0.2, -0.15) is 11.8 Å². The highest BCUT2D eigenvalue weighted by Crippen LogP contribution is 2.46. The highest BCUT2D eigenvalue weighted by Gasteiger charge is 2.41. The van der Waals surface area contributed by atoms with E-state index in [0.29, 0.717) is 29.2 Å². The van der Waals surface area contributed by atoms with E-state index in [1.54, 1.807) is 29.2 Å². The number of hydrogen-bond acceptors (Lipinski definition) is 6. The van der Waals surface area contributed by atoms with Gasteiger partial charge in [0.2, 0.25) is 0 Å². The summed E-state index contributed by atoms with van der Waals surface area (Å²) in [6.45, 7) is 4.31. The van der Waals surface area contributed by atoms with Crippen LogP contribution in [0.3, 0.4) is 0 Å². The van der Waals surface area contributed by atoms with Gasteiger partial charge in [-0.1, -0.05) is 36.7 Å². The summed E-state index contributed by atoms with van der Waals surface area (Å²) in [5.74, 6) is 1.09. The lowest BCUT2D eigenvalue weighted by Crippen LogP contribution is -2.36. The van der Waals surface area contributed by atoms with Crippen LogP contribution in [-0.2, 0) is 14.3 Å². The number of ketones is 1. The first-order valence-electron chi connectivity index (χ1n) is 10.8. The third-order valence-electron chi connectivity index (χ3n) is 5.84. The molecule has 0 fully saturated rings. The second-order valence-corrected chi connectivity index (χ2v) is 10.7. The first kappa shape index (κ1) is 23.1. The Balaban J connectivity index is 1.71. The van der Waals surface area contributed by atoms with E-state index in [1.807, 2.05) is 36.6 Å². The number of dihydropyridines is 1. The molecule has 2 aromatic rings. The van der Waals surface area contributed by atoms with Crippen molar-refractivity contribution >= 4 is 46.5 Å². The zero-order valence-corrected chi connectivity index (χ0v) is 20.5. The van der Waals surface area contributed by atoms with Gasteiger partial charge < -0.3 is 10.1 Å². The normalized spacial score (nSPS) is 20.8. The van der Waals surface area contributed by atoms with Crippen molar-refractivity contribution in [2.75, 3.05) is 18.1 Å². The quantitative estimate of drug-likeness (QED) is 0.380. The lowest BCUT2D eigenvalue weighted by Gasteiger charge is -2.36. The topological polar surface area (TPSA) is 55.4 Å². The molecule has 2 heterocycles. The number of allylic oxidation sites excluding steroid dienone is 3. The number of rotatable bonds is 7. The van der Waals surface area contributed by atoms with E-state index in [-0.39, 0.29) is 17.7 Å². The van der Waals surface area contributed by atoms with Gasteiger partial charge in [0.05, 0.1) is 5.57 Å². The van der Waals surface area contributed by atoms with Crippen molar-refractivity contribution in [2.45, 2.75) is 38.5 Å². The van der Waals surface area contributed by atoms with Crippen LogP contribution in [0.15, 0.2) is 64.3 Å². The SMILES string of the molecule is CCSCCOC(=O)C1=C(C)NC2=C(C(=O)C[C@@H](c3cccs3)C2)[C@@H]1c1cccc(Cl)c1. The smallest absolute Gasteiger partial charge is 0.336 e. The van der Waals surface area contributed by atoms with Crippen molar-refractivity contribution in [3.63, 3.8) is 0 Å². The van der Waals surface area contributed by atoms with E-state index in [1.165, 1.54) is 4.88 Å². The molecule has 4 nitrogen and oxygen atoms in total. The minimum absolute atomic E-state index is 0.0708. The summed E-state index contributed by atoms with van der Waals surface area (Å²) in [4.78, 5) is 27.9. The van der Waals surface area contributed by atoms with Crippen LogP contribution in [-0.4, -0.2) is 29.9 Å². The van der Waals surface area contributed by atoms with Crippen LogP contribution >= 0.6 is 34.7 Å². The average Bonchev–Trinajstić information content (AvgIpc) is 3.30. The lowest BCUT2D eigenvalue weighted by molar-refractivity contribution is -0.138. The molecule has 0 radical (unpaired) electrons. The third kappa shape index (κ3) is 4.82. The zero-order valence-electron chi connectivity index (χ0n) is 18.2. The molecule has 2 atom stereocenters. The van der Waals surface area contributed by atoms with Gasteiger partial charge in [0.25, 0.3) is 0 Å². The monoisotopic (exact) mass is 487 g/mol. The number of thiophene rings is 1. The second kappa shape index (κ2) is 10.3.